The Hall–Kier alpha value is -0.440. The molecule has 0 saturated heterocycles. The van der Waals surface area contributed by atoms with Gasteiger partial charge in [-0.3, -0.25) is 0 Å². The molecule has 0 aromatic heterocycles. The first-order valence-corrected chi connectivity index (χ1v) is 6.50. The van der Waals surface area contributed by atoms with Crippen molar-refractivity contribution < 1.29 is 0 Å². The van der Waals surface area contributed by atoms with Gasteiger partial charge in [0.25, 0.3) is 0 Å². The fourth-order valence-corrected chi connectivity index (χ4v) is 3.38. The normalized spacial score (nSPS) is 36.7. The molecule has 0 heteroatoms. The SMILES string of the molecule is CC(C)CC#CC1CCC2CC1C2(C)C. The summed E-state index contributed by atoms with van der Waals surface area (Å²) in [6.07, 6.45) is 5.31. The molecule has 0 amide bonds. The summed E-state index contributed by atoms with van der Waals surface area (Å²) in [6, 6.07) is 0. The lowest BCUT2D eigenvalue weighted by Crippen LogP contribution is -2.51. The predicted octanol–water partition coefficient (Wildman–Crippen LogP) is 4.11. The van der Waals surface area contributed by atoms with E-state index in [1.54, 1.807) is 0 Å². The van der Waals surface area contributed by atoms with Crippen LogP contribution in [0.25, 0.3) is 0 Å². The van der Waals surface area contributed by atoms with Gasteiger partial charge in [-0.05, 0) is 42.4 Å². The highest BCUT2D eigenvalue weighted by molar-refractivity contribution is 5.14. The molecule has 0 aromatic carbocycles. The molecule has 3 rings (SSSR count). The van der Waals surface area contributed by atoms with Gasteiger partial charge in [0.05, 0.1) is 0 Å². The molecule has 0 nitrogen and oxygen atoms in total. The van der Waals surface area contributed by atoms with E-state index in [9.17, 15) is 0 Å². The van der Waals surface area contributed by atoms with Crippen LogP contribution in [-0.2, 0) is 0 Å². The van der Waals surface area contributed by atoms with E-state index < -0.39 is 0 Å². The number of hydrogen-bond donors (Lipinski definition) is 0. The van der Waals surface area contributed by atoms with E-state index in [2.05, 4.69) is 39.5 Å². The zero-order chi connectivity index (χ0) is 11.1. The van der Waals surface area contributed by atoms with Crippen molar-refractivity contribution in [3.05, 3.63) is 0 Å². The summed E-state index contributed by atoms with van der Waals surface area (Å²) in [5.74, 6) is 10.3. The van der Waals surface area contributed by atoms with E-state index in [0.29, 0.717) is 11.3 Å². The Labute approximate surface area is 94.8 Å². The first-order chi connectivity index (χ1) is 7.01. The molecule has 84 valence electrons. The summed E-state index contributed by atoms with van der Waals surface area (Å²) in [7, 11) is 0. The third kappa shape index (κ3) is 1.94. The highest BCUT2D eigenvalue weighted by Crippen LogP contribution is 2.61. The van der Waals surface area contributed by atoms with Gasteiger partial charge in [-0.1, -0.05) is 33.6 Å². The summed E-state index contributed by atoms with van der Waals surface area (Å²) >= 11 is 0. The monoisotopic (exact) mass is 204 g/mol. The van der Waals surface area contributed by atoms with Crippen LogP contribution in [0.1, 0.15) is 53.4 Å². The zero-order valence-corrected chi connectivity index (χ0v) is 10.6. The minimum Gasteiger partial charge on any atom is -0.103 e. The summed E-state index contributed by atoms with van der Waals surface area (Å²) in [6.45, 7) is 9.39. The number of rotatable bonds is 1. The Bertz CT molecular complexity index is 285. The maximum absolute atomic E-state index is 3.55. The van der Waals surface area contributed by atoms with Crippen LogP contribution in [-0.4, -0.2) is 0 Å². The molecule has 3 aliphatic carbocycles. The topological polar surface area (TPSA) is 0 Å². The average Bonchev–Trinajstić information content (AvgIpc) is 2.17. The molecule has 0 radical (unpaired) electrons. The van der Waals surface area contributed by atoms with E-state index in [-0.39, 0.29) is 0 Å². The lowest BCUT2D eigenvalue weighted by Gasteiger charge is -2.59. The Balaban J connectivity index is 1.95. The first-order valence-electron chi connectivity index (χ1n) is 6.50. The number of hydrogen-bond acceptors (Lipinski definition) is 0. The van der Waals surface area contributed by atoms with E-state index in [4.69, 9.17) is 0 Å². The Kier molecular flexibility index (Phi) is 2.84. The van der Waals surface area contributed by atoms with Gasteiger partial charge in [0.2, 0.25) is 0 Å². The Morgan fingerprint density at radius 1 is 1.27 bits per heavy atom. The predicted molar refractivity (Wildman–Crippen MR) is 65.3 cm³/mol. The smallest absolute Gasteiger partial charge is 0.0236 e. The van der Waals surface area contributed by atoms with Gasteiger partial charge in [-0.15, -0.1) is 5.92 Å². The van der Waals surface area contributed by atoms with Crippen molar-refractivity contribution >= 4 is 0 Å². The molecular formula is C15H24. The maximum Gasteiger partial charge on any atom is 0.0236 e. The van der Waals surface area contributed by atoms with Crippen LogP contribution >= 0.6 is 0 Å². The zero-order valence-electron chi connectivity index (χ0n) is 10.6. The van der Waals surface area contributed by atoms with Crippen LogP contribution in [0.15, 0.2) is 0 Å². The molecule has 0 heterocycles. The van der Waals surface area contributed by atoms with E-state index in [0.717, 1.165) is 24.2 Å². The van der Waals surface area contributed by atoms with Gasteiger partial charge in [0, 0.05) is 12.3 Å². The summed E-state index contributed by atoms with van der Waals surface area (Å²) < 4.78 is 0. The summed E-state index contributed by atoms with van der Waals surface area (Å²) in [4.78, 5) is 0. The molecule has 3 unspecified atom stereocenters. The van der Waals surface area contributed by atoms with Crippen molar-refractivity contribution in [2.24, 2.45) is 29.1 Å². The third-order valence-electron chi connectivity index (χ3n) is 4.66. The van der Waals surface area contributed by atoms with Crippen LogP contribution in [0.3, 0.4) is 0 Å². The van der Waals surface area contributed by atoms with Crippen LogP contribution in [0, 0.1) is 40.9 Å². The molecule has 0 spiro atoms. The van der Waals surface area contributed by atoms with Gasteiger partial charge in [0.15, 0.2) is 0 Å². The van der Waals surface area contributed by atoms with E-state index >= 15 is 0 Å². The molecule has 3 saturated carbocycles. The van der Waals surface area contributed by atoms with Gasteiger partial charge < -0.3 is 0 Å². The summed E-state index contributed by atoms with van der Waals surface area (Å²) in [5.41, 5.74) is 0.593. The van der Waals surface area contributed by atoms with Crippen molar-refractivity contribution in [3.63, 3.8) is 0 Å². The molecule has 3 fully saturated rings. The minimum absolute atomic E-state index is 0.593. The highest BCUT2D eigenvalue weighted by Gasteiger charge is 2.53. The lowest BCUT2D eigenvalue weighted by molar-refractivity contribution is -0.0877. The second kappa shape index (κ2) is 3.85. The van der Waals surface area contributed by atoms with Crippen molar-refractivity contribution in [3.8, 4) is 11.8 Å². The van der Waals surface area contributed by atoms with Gasteiger partial charge >= 0.3 is 0 Å². The molecule has 0 aliphatic heterocycles. The first kappa shape index (κ1) is 11.1. The van der Waals surface area contributed by atoms with Gasteiger partial charge in [-0.25, -0.2) is 0 Å². The molecular weight excluding hydrogens is 180 g/mol. The largest absolute Gasteiger partial charge is 0.103 e. The fourth-order valence-electron chi connectivity index (χ4n) is 3.38. The molecule has 3 aliphatic rings. The lowest BCUT2D eigenvalue weighted by atomic mass is 9.46. The molecule has 0 aromatic rings. The van der Waals surface area contributed by atoms with Crippen molar-refractivity contribution in [2.75, 3.05) is 0 Å². The van der Waals surface area contributed by atoms with E-state index in [1.807, 2.05) is 0 Å². The standard InChI is InChI=1S/C15H24/c1-11(2)6-5-7-12-8-9-13-10-14(12)15(13,3)4/h11-14H,6,8-10H2,1-4H3. The molecule has 0 N–H and O–H groups in total. The Morgan fingerprint density at radius 2 is 2.00 bits per heavy atom. The summed E-state index contributed by atoms with van der Waals surface area (Å²) in [5, 5.41) is 0. The van der Waals surface area contributed by atoms with Crippen LogP contribution in [0.2, 0.25) is 0 Å². The second-order valence-electron chi connectivity index (χ2n) is 6.46. The molecule has 15 heavy (non-hydrogen) atoms. The van der Waals surface area contributed by atoms with Crippen LogP contribution in [0.5, 0.6) is 0 Å². The van der Waals surface area contributed by atoms with Crippen molar-refractivity contribution in [2.45, 2.75) is 53.4 Å². The van der Waals surface area contributed by atoms with Crippen LogP contribution in [0.4, 0.5) is 0 Å². The quantitative estimate of drug-likeness (QED) is 0.564. The molecule has 2 bridgehead atoms. The minimum atomic E-state index is 0.593. The number of fused-ring (bicyclic) bond motifs is 2. The van der Waals surface area contributed by atoms with Crippen LogP contribution < -0.4 is 0 Å². The van der Waals surface area contributed by atoms with Crippen molar-refractivity contribution in [1.29, 1.82) is 0 Å². The van der Waals surface area contributed by atoms with Gasteiger partial charge in [-0.2, -0.15) is 0 Å². The molecule has 3 atom stereocenters. The Morgan fingerprint density at radius 3 is 2.53 bits per heavy atom. The van der Waals surface area contributed by atoms with E-state index in [1.165, 1.54) is 19.3 Å². The van der Waals surface area contributed by atoms with Crippen molar-refractivity contribution in [1.82, 2.24) is 0 Å². The second-order valence-corrected chi connectivity index (χ2v) is 6.46. The third-order valence-corrected chi connectivity index (χ3v) is 4.66. The van der Waals surface area contributed by atoms with Gasteiger partial charge in [0.1, 0.15) is 0 Å². The average molecular weight is 204 g/mol. The maximum atomic E-state index is 3.55. The highest BCUT2D eigenvalue weighted by atomic mass is 14.6. The fraction of sp³-hybridized carbons (Fsp3) is 0.867.